The van der Waals surface area contributed by atoms with E-state index in [-0.39, 0.29) is 11.3 Å². The predicted molar refractivity (Wildman–Crippen MR) is 102 cm³/mol. The van der Waals surface area contributed by atoms with Crippen LogP contribution in [-0.4, -0.2) is 5.97 Å². The summed E-state index contributed by atoms with van der Waals surface area (Å²) in [5.41, 5.74) is 3.25. The molecule has 4 rings (SSSR count). The summed E-state index contributed by atoms with van der Waals surface area (Å²) < 4.78 is 24.4. The second-order valence-electron chi connectivity index (χ2n) is 6.02. The van der Waals surface area contributed by atoms with Crippen molar-refractivity contribution in [2.24, 2.45) is 0 Å². The quantitative estimate of drug-likeness (QED) is 0.363. The summed E-state index contributed by atoms with van der Waals surface area (Å²) in [5, 5.41) is 0. The van der Waals surface area contributed by atoms with E-state index in [9.17, 15) is 14.0 Å². The molecule has 4 nitrogen and oxygen atoms in total. The van der Waals surface area contributed by atoms with Crippen molar-refractivity contribution >= 4 is 27.6 Å². The van der Waals surface area contributed by atoms with Crippen LogP contribution < -0.4 is 9.68 Å². The first kappa shape index (κ1) is 17.2. The van der Waals surface area contributed by atoms with Crippen LogP contribution in [0.15, 0.2) is 69.9 Å². The molecule has 1 aromatic heterocycles. The average molecular weight is 380 g/mol. The van der Waals surface area contributed by atoms with Crippen LogP contribution in [0.25, 0.3) is 21.4 Å². The van der Waals surface area contributed by atoms with Gasteiger partial charge in [0.15, 0.2) is 5.58 Å². The van der Waals surface area contributed by atoms with Crippen LogP contribution in [0.5, 0.6) is 5.75 Å². The third-order valence-electron chi connectivity index (χ3n) is 4.03. The number of carbonyl (C=O) groups is 1. The molecule has 3 aromatic carbocycles. The van der Waals surface area contributed by atoms with Gasteiger partial charge in [0.2, 0.25) is 0 Å². The maximum absolute atomic E-state index is 13.0. The highest BCUT2D eigenvalue weighted by Crippen LogP contribution is 2.35. The zero-order valence-electron chi connectivity index (χ0n) is 14.2. The highest BCUT2D eigenvalue weighted by molar-refractivity contribution is 7.16. The molecule has 0 unspecified atom stereocenters. The Labute approximate surface area is 157 Å². The van der Waals surface area contributed by atoms with Gasteiger partial charge in [0.1, 0.15) is 11.6 Å². The molecule has 0 saturated heterocycles. The maximum Gasteiger partial charge on any atom is 0.396 e. The second kappa shape index (κ2) is 6.81. The standard InChI is InChI=1S/C21H13FO4S/c1-12-3-2-4-14(9-12)17-10-16(11-18-19(17)26-21(24)27-18)25-20(23)13-5-7-15(22)8-6-13/h2-11H,1H3. The van der Waals surface area contributed by atoms with Crippen LogP contribution in [0, 0.1) is 12.7 Å². The molecule has 0 aliphatic rings. The fourth-order valence-electron chi connectivity index (χ4n) is 2.79. The topological polar surface area (TPSA) is 56.5 Å². The Balaban J connectivity index is 1.78. The molecule has 0 aliphatic carbocycles. The minimum atomic E-state index is -0.611. The number of hydrogen-bond acceptors (Lipinski definition) is 5. The molecular weight excluding hydrogens is 367 g/mol. The summed E-state index contributed by atoms with van der Waals surface area (Å²) in [5.74, 6) is -0.761. The van der Waals surface area contributed by atoms with E-state index in [1.54, 1.807) is 12.1 Å². The monoisotopic (exact) mass is 380 g/mol. The highest BCUT2D eigenvalue weighted by atomic mass is 32.1. The molecule has 0 amide bonds. The van der Waals surface area contributed by atoms with Crippen molar-refractivity contribution in [3.63, 3.8) is 0 Å². The van der Waals surface area contributed by atoms with E-state index < -0.39 is 16.7 Å². The van der Waals surface area contributed by atoms with Crippen molar-refractivity contribution < 1.29 is 18.3 Å². The molecule has 0 N–H and O–H groups in total. The van der Waals surface area contributed by atoms with Gasteiger partial charge in [0, 0.05) is 11.6 Å². The lowest BCUT2D eigenvalue weighted by atomic mass is 10.0. The van der Waals surface area contributed by atoms with Gasteiger partial charge >= 0.3 is 10.9 Å². The third-order valence-corrected chi connectivity index (χ3v) is 4.80. The number of fused-ring (bicyclic) bond motifs is 1. The number of rotatable bonds is 3. The second-order valence-corrected chi connectivity index (χ2v) is 7.00. The van der Waals surface area contributed by atoms with Gasteiger partial charge in [-0.2, -0.15) is 0 Å². The van der Waals surface area contributed by atoms with E-state index in [1.165, 1.54) is 24.3 Å². The normalized spacial score (nSPS) is 10.9. The average Bonchev–Trinajstić information content (AvgIpc) is 3.01. The fraction of sp³-hybridized carbons (Fsp3) is 0.0476. The Morgan fingerprint density at radius 1 is 1.07 bits per heavy atom. The van der Waals surface area contributed by atoms with E-state index in [0.29, 0.717) is 15.8 Å². The van der Waals surface area contributed by atoms with Crippen molar-refractivity contribution in [2.45, 2.75) is 6.92 Å². The third kappa shape index (κ3) is 3.52. The molecule has 1 heterocycles. The van der Waals surface area contributed by atoms with Crippen LogP contribution >= 0.6 is 11.3 Å². The zero-order chi connectivity index (χ0) is 19.0. The van der Waals surface area contributed by atoms with Gasteiger partial charge in [-0.05, 0) is 42.8 Å². The molecule has 0 spiro atoms. The van der Waals surface area contributed by atoms with Gasteiger partial charge < -0.3 is 9.15 Å². The molecule has 4 aromatic rings. The lowest BCUT2D eigenvalue weighted by Crippen LogP contribution is -2.08. The first-order chi connectivity index (χ1) is 13.0. The molecule has 0 saturated carbocycles. The van der Waals surface area contributed by atoms with E-state index in [4.69, 9.17) is 9.15 Å². The number of halogens is 1. The number of aryl methyl sites for hydroxylation is 1. The number of esters is 1. The lowest BCUT2D eigenvalue weighted by Gasteiger charge is -2.08. The number of ether oxygens (including phenoxy) is 1. The highest BCUT2D eigenvalue weighted by Gasteiger charge is 2.16. The van der Waals surface area contributed by atoms with Crippen molar-refractivity contribution in [3.8, 4) is 16.9 Å². The van der Waals surface area contributed by atoms with Crippen molar-refractivity contribution in [1.82, 2.24) is 0 Å². The first-order valence-electron chi connectivity index (χ1n) is 8.12. The molecule has 0 aliphatic heterocycles. The molecule has 0 bridgehead atoms. The Kier molecular flexibility index (Phi) is 4.33. The molecular formula is C21H13FO4S. The molecule has 6 heteroatoms. The fourth-order valence-corrected chi connectivity index (χ4v) is 3.51. The van der Waals surface area contributed by atoms with Gasteiger partial charge in [-0.1, -0.05) is 41.2 Å². The Hall–Kier alpha value is -3.25. The van der Waals surface area contributed by atoms with E-state index in [2.05, 4.69) is 0 Å². The summed E-state index contributed by atoms with van der Waals surface area (Å²) in [7, 11) is 0. The predicted octanol–water partition coefficient (Wildman–Crippen LogP) is 5.19. The minimum absolute atomic E-state index is 0.231. The molecule has 0 atom stereocenters. The number of benzene rings is 3. The van der Waals surface area contributed by atoms with Gasteiger partial charge in [-0.15, -0.1) is 0 Å². The Bertz CT molecular complexity index is 1210. The van der Waals surface area contributed by atoms with Gasteiger partial charge in [0.25, 0.3) is 0 Å². The van der Waals surface area contributed by atoms with Gasteiger partial charge in [-0.25, -0.2) is 14.0 Å². The molecule has 27 heavy (non-hydrogen) atoms. The van der Waals surface area contributed by atoms with Gasteiger partial charge in [-0.3, -0.25) is 0 Å². The largest absolute Gasteiger partial charge is 0.423 e. The Morgan fingerprint density at radius 2 is 1.85 bits per heavy atom. The zero-order valence-corrected chi connectivity index (χ0v) is 15.0. The van der Waals surface area contributed by atoms with Crippen LogP contribution in [0.2, 0.25) is 0 Å². The number of carbonyl (C=O) groups excluding carboxylic acids is 1. The lowest BCUT2D eigenvalue weighted by molar-refractivity contribution is 0.0735. The summed E-state index contributed by atoms with van der Waals surface area (Å²) >= 11 is 0.941. The smallest absolute Gasteiger partial charge is 0.396 e. The minimum Gasteiger partial charge on any atom is -0.423 e. The van der Waals surface area contributed by atoms with E-state index in [0.717, 1.165) is 22.5 Å². The molecule has 0 radical (unpaired) electrons. The Morgan fingerprint density at radius 3 is 2.59 bits per heavy atom. The summed E-state index contributed by atoms with van der Waals surface area (Å²) in [4.78, 5) is 23.6. The summed E-state index contributed by atoms with van der Waals surface area (Å²) in [6.07, 6.45) is 0. The van der Waals surface area contributed by atoms with Crippen LogP contribution in [0.4, 0.5) is 4.39 Å². The number of hydrogen-bond donors (Lipinski definition) is 0. The van der Waals surface area contributed by atoms with Gasteiger partial charge in [0.05, 0.1) is 10.3 Å². The molecule has 134 valence electrons. The molecule has 0 fully saturated rings. The summed E-state index contributed by atoms with van der Waals surface area (Å²) in [6, 6.07) is 16.1. The van der Waals surface area contributed by atoms with E-state index in [1.807, 2.05) is 31.2 Å². The van der Waals surface area contributed by atoms with Crippen LogP contribution in [0.1, 0.15) is 15.9 Å². The van der Waals surface area contributed by atoms with Crippen LogP contribution in [-0.2, 0) is 0 Å². The van der Waals surface area contributed by atoms with Crippen molar-refractivity contribution in [2.75, 3.05) is 0 Å². The maximum atomic E-state index is 13.0. The first-order valence-corrected chi connectivity index (χ1v) is 8.94. The SMILES string of the molecule is Cc1cccc(-c2cc(OC(=O)c3ccc(F)cc3)cc3sc(=O)oc23)c1. The van der Waals surface area contributed by atoms with E-state index >= 15 is 0 Å². The summed E-state index contributed by atoms with van der Waals surface area (Å²) in [6.45, 7) is 1.96. The van der Waals surface area contributed by atoms with Crippen molar-refractivity contribution in [3.05, 3.63) is 87.3 Å². The van der Waals surface area contributed by atoms with Crippen molar-refractivity contribution in [1.29, 1.82) is 0 Å². The van der Waals surface area contributed by atoms with Crippen LogP contribution in [0.3, 0.4) is 0 Å².